The van der Waals surface area contributed by atoms with Crippen molar-refractivity contribution in [2.45, 2.75) is 13.8 Å². The number of carbonyl (C=O) groups excluding carboxylic acids is 1. The lowest BCUT2D eigenvalue weighted by atomic mass is 10.6. The number of esters is 1. The number of hydrogen-bond acceptors (Lipinski definition) is 4. The van der Waals surface area contributed by atoms with E-state index in [1.54, 1.807) is 0 Å². The third-order valence-electron chi connectivity index (χ3n) is 1.56. The fraction of sp³-hybridized carbons (Fsp3) is 0.750. The van der Waals surface area contributed by atoms with Crippen LogP contribution in [0.3, 0.4) is 0 Å². The van der Waals surface area contributed by atoms with Gasteiger partial charge in [0.05, 0.1) is 12.9 Å². The average Bonchev–Trinajstić information content (AvgIpc) is 2.16. The summed E-state index contributed by atoms with van der Waals surface area (Å²) in [5.74, 6) is 0.0609. The Bertz CT molecular complexity index is 181. The van der Waals surface area contributed by atoms with E-state index in [4.69, 9.17) is 12.2 Å². The van der Waals surface area contributed by atoms with Crippen molar-refractivity contribution in [2.75, 3.05) is 26.0 Å². The second kappa shape index (κ2) is 7.15. The molecule has 0 N–H and O–H groups in total. The molecule has 0 saturated heterocycles. The topological polar surface area (TPSA) is 29.5 Å². The van der Waals surface area contributed by atoms with E-state index in [1.807, 2.05) is 18.7 Å². The Kier molecular flexibility index (Phi) is 6.99. The molecule has 0 spiro atoms. The Labute approximate surface area is 88.8 Å². The van der Waals surface area contributed by atoms with Crippen LogP contribution in [-0.2, 0) is 9.53 Å². The summed E-state index contributed by atoms with van der Waals surface area (Å²) in [5.41, 5.74) is 0. The number of nitrogens with zero attached hydrogens (tertiary/aromatic N) is 1. The second-order valence-corrected chi connectivity index (χ2v) is 3.91. The highest BCUT2D eigenvalue weighted by atomic mass is 32.2. The van der Waals surface area contributed by atoms with Gasteiger partial charge in [-0.2, -0.15) is 0 Å². The first-order valence-electron chi connectivity index (χ1n) is 4.14. The molecule has 0 atom stereocenters. The van der Waals surface area contributed by atoms with Crippen LogP contribution in [0.1, 0.15) is 13.8 Å². The molecule has 0 rings (SSSR count). The van der Waals surface area contributed by atoms with Crippen LogP contribution in [0.5, 0.6) is 0 Å². The maximum atomic E-state index is 10.8. The molecule has 0 bridgehead atoms. The predicted octanol–water partition coefficient (Wildman–Crippen LogP) is 1.52. The van der Waals surface area contributed by atoms with Crippen LogP contribution in [0.4, 0.5) is 0 Å². The first kappa shape index (κ1) is 12.7. The summed E-state index contributed by atoms with van der Waals surface area (Å²) in [6.07, 6.45) is 0. The summed E-state index contributed by atoms with van der Waals surface area (Å²) in [5, 5.41) is 0. The van der Waals surface area contributed by atoms with E-state index in [-0.39, 0.29) is 5.97 Å². The molecule has 0 saturated carbocycles. The summed E-state index contributed by atoms with van der Waals surface area (Å²) in [4.78, 5) is 12.8. The van der Waals surface area contributed by atoms with E-state index in [0.29, 0.717) is 5.75 Å². The van der Waals surface area contributed by atoms with Crippen molar-refractivity contribution >= 4 is 34.3 Å². The highest BCUT2D eigenvalue weighted by Gasteiger charge is 2.08. The summed E-state index contributed by atoms with van der Waals surface area (Å²) < 4.78 is 5.27. The van der Waals surface area contributed by atoms with E-state index < -0.39 is 0 Å². The standard InChI is InChI=1S/C8H15NO2S2/c1-4-9(5-2)8(12)13-6-7(10)11-3/h4-6H2,1-3H3. The van der Waals surface area contributed by atoms with E-state index in [9.17, 15) is 4.79 Å². The summed E-state index contributed by atoms with van der Waals surface area (Å²) >= 11 is 6.47. The highest BCUT2D eigenvalue weighted by molar-refractivity contribution is 8.23. The van der Waals surface area contributed by atoms with E-state index in [1.165, 1.54) is 18.9 Å². The molecule has 0 amide bonds. The number of carbonyl (C=O) groups is 1. The summed E-state index contributed by atoms with van der Waals surface area (Å²) in [6.45, 7) is 5.83. The van der Waals surface area contributed by atoms with Gasteiger partial charge in [0, 0.05) is 13.1 Å². The van der Waals surface area contributed by atoms with Crippen molar-refractivity contribution in [1.29, 1.82) is 0 Å². The van der Waals surface area contributed by atoms with E-state index in [0.717, 1.165) is 17.4 Å². The lowest BCUT2D eigenvalue weighted by Gasteiger charge is -2.20. The molecule has 0 heterocycles. The van der Waals surface area contributed by atoms with Gasteiger partial charge in [0.1, 0.15) is 4.32 Å². The van der Waals surface area contributed by atoms with Crippen molar-refractivity contribution in [2.24, 2.45) is 0 Å². The highest BCUT2D eigenvalue weighted by Crippen LogP contribution is 2.09. The van der Waals surface area contributed by atoms with Gasteiger partial charge in [-0.05, 0) is 13.8 Å². The van der Waals surface area contributed by atoms with Crippen LogP contribution in [0, 0.1) is 0 Å². The minimum atomic E-state index is -0.237. The molecule has 3 nitrogen and oxygen atoms in total. The van der Waals surface area contributed by atoms with Crippen LogP contribution < -0.4 is 0 Å². The van der Waals surface area contributed by atoms with Crippen LogP contribution in [0.15, 0.2) is 0 Å². The minimum Gasteiger partial charge on any atom is -0.468 e. The third-order valence-corrected chi connectivity index (χ3v) is 3.06. The second-order valence-electron chi connectivity index (χ2n) is 2.30. The molecule has 0 fully saturated rings. The van der Waals surface area contributed by atoms with Gasteiger partial charge in [-0.15, -0.1) is 0 Å². The number of hydrogen-bond donors (Lipinski definition) is 0. The number of thioether (sulfide) groups is 1. The lowest BCUT2D eigenvalue weighted by molar-refractivity contribution is -0.137. The molecule has 0 aliphatic carbocycles. The van der Waals surface area contributed by atoms with Crippen molar-refractivity contribution in [3.05, 3.63) is 0 Å². The molecular formula is C8H15NO2S2. The first-order chi connectivity index (χ1) is 6.15. The van der Waals surface area contributed by atoms with Gasteiger partial charge in [-0.25, -0.2) is 0 Å². The maximum absolute atomic E-state index is 10.8. The fourth-order valence-electron chi connectivity index (χ4n) is 0.753. The quantitative estimate of drug-likeness (QED) is 0.530. The third kappa shape index (κ3) is 5.10. The normalized spacial score (nSPS) is 9.46. The van der Waals surface area contributed by atoms with Gasteiger partial charge >= 0.3 is 5.97 Å². The van der Waals surface area contributed by atoms with Gasteiger partial charge < -0.3 is 9.64 Å². The number of ether oxygens (including phenoxy) is 1. The van der Waals surface area contributed by atoms with E-state index in [2.05, 4.69) is 4.74 Å². The van der Waals surface area contributed by atoms with Crippen molar-refractivity contribution < 1.29 is 9.53 Å². The molecule has 13 heavy (non-hydrogen) atoms. The van der Waals surface area contributed by atoms with Crippen molar-refractivity contribution in [3.63, 3.8) is 0 Å². The maximum Gasteiger partial charge on any atom is 0.316 e. The Balaban J connectivity index is 3.79. The van der Waals surface area contributed by atoms with E-state index >= 15 is 0 Å². The Hall–Kier alpha value is -0.290. The molecular weight excluding hydrogens is 206 g/mol. The van der Waals surface area contributed by atoms with Gasteiger partial charge in [-0.1, -0.05) is 24.0 Å². The molecule has 5 heteroatoms. The molecule has 0 unspecified atom stereocenters. The lowest BCUT2D eigenvalue weighted by Crippen LogP contribution is -2.27. The minimum absolute atomic E-state index is 0.237. The molecule has 0 aliphatic heterocycles. The molecule has 76 valence electrons. The van der Waals surface area contributed by atoms with Gasteiger partial charge in [0.25, 0.3) is 0 Å². The largest absolute Gasteiger partial charge is 0.468 e. The fourth-order valence-corrected chi connectivity index (χ4v) is 1.99. The Morgan fingerprint density at radius 3 is 2.38 bits per heavy atom. The predicted molar refractivity (Wildman–Crippen MR) is 60.0 cm³/mol. The first-order valence-corrected chi connectivity index (χ1v) is 5.53. The number of methoxy groups -OCH3 is 1. The van der Waals surface area contributed by atoms with Crippen molar-refractivity contribution in [1.82, 2.24) is 4.90 Å². The zero-order chi connectivity index (χ0) is 10.3. The summed E-state index contributed by atoms with van der Waals surface area (Å²) in [7, 11) is 1.38. The molecule has 0 radical (unpaired) electrons. The number of rotatable bonds is 4. The SMILES string of the molecule is CCN(CC)C(=S)SCC(=O)OC. The molecule has 0 aromatic carbocycles. The van der Waals surface area contributed by atoms with Crippen LogP contribution >= 0.6 is 24.0 Å². The van der Waals surface area contributed by atoms with Crippen LogP contribution in [-0.4, -0.2) is 41.1 Å². The molecule has 0 aliphatic rings. The Morgan fingerprint density at radius 2 is 2.00 bits per heavy atom. The molecule has 0 aromatic rings. The van der Waals surface area contributed by atoms with Gasteiger partial charge in [-0.3, -0.25) is 4.79 Å². The van der Waals surface area contributed by atoms with Crippen LogP contribution in [0.25, 0.3) is 0 Å². The van der Waals surface area contributed by atoms with Crippen LogP contribution in [0.2, 0.25) is 0 Å². The Morgan fingerprint density at radius 1 is 1.46 bits per heavy atom. The number of thiocarbonyl (C=S) groups is 1. The monoisotopic (exact) mass is 221 g/mol. The zero-order valence-electron chi connectivity index (χ0n) is 8.20. The zero-order valence-corrected chi connectivity index (χ0v) is 9.83. The average molecular weight is 221 g/mol. The van der Waals surface area contributed by atoms with Crippen molar-refractivity contribution in [3.8, 4) is 0 Å². The van der Waals surface area contributed by atoms with Gasteiger partial charge in [0.2, 0.25) is 0 Å². The molecule has 0 aromatic heterocycles. The van der Waals surface area contributed by atoms with Gasteiger partial charge in [0.15, 0.2) is 0 Å². The summed E-state index contributed by atoms with van der Waals surface area (Å²) in [6, 6.07) is 0. The smallest absolute Gasteiger partial charge is 0.316 e.